The monoisotopic (exact) mass is 202 g/mol. The Bertz CT molecular complexity index is 363. The van der Waals surface area contributed by atoms with Gasteiger partial charge in [0.15, 0.2) is 0 Å². The quantitative estimate of drug-likeness (QED) is 0.554. The molecule has 0 fully saturated rings. The second-order valence-electron chi connectivity index (χ2n) is 3.15. The highest BCUT2D eigenvalue weighted by Gasteiger charge is 2.08. The fraction of sp³-hybridized carbons (Fsp3) is 0.154. The molecule has 0 saturated carbocycles. The van der Waals surface area contributed by atoms with Gasteiger partial charge in [-0.05, 0) is 18.1 Å². The predicted octanol–water partition coefficient (Wildman–Crippen LogP) is 3.12. The fourth-order valence-corrected chi connectivity index (χ4v) is 1.19. The molecule has 0 aliphatic rings. The molecule has 78 valence electrons. The second kappa shape index (κ2) is 5.15. The molecule has 0 saturated heterocycles. The molecule has 0 bridgehead atoms. The summed E-state index contributed by atoms with van der Waals surface area (Å²) in [6, 6.07) is 7.69. The van der Waals surface area contributed by atoms with Gasteiger partial charge >= 0.3 is 5.97 Å². The molecule has 0 amide bonds. The third kappa shape index (κ3) is 3.09. The molecule has 0 radical (unpaired) electrons. The number of hydrogen-bond donors (Lipinski definition) is 0. The molecule has 0 aliphatic carbocycles. The van der Waals surface area contributed by atoms with Crippen LogP contribution >= 0.6 is 0 Å². The van der Waals surface area contributed by atoms with Gasteiger partial charge in [0.1, 0.15) is 6.10 Å². The topological polar surface area (TPSA) is 26.3 Å². The first-order valence-corrected chi connectivity index (χ1v) is 4.73. The van der Waals surface area contributed by atoms with Crippen molar-refractivity contribution < 1.29 is 9.53 Å². The Labute approximate surface area is 89.9 Å². The van der Waals surface area contributed by atoms with Gasteiger partial charge in [-0.25, -0.2) is 4.79 Å². The number of carbonyl (C=O) groups excluding carboxylic acids is 1. The third-order valence-corrected chi connectivity index (χ3v) is 2.10. The van der Waals surface area contributed by atoms with E-state index in [-0.39, 0.29) is 6.10 Å². The highest BCUT2D eigenvalue weighted by atomic mass is 16.5. The third-order valence-electron chi connectivity index (χ3n) is 2.10. The van der Waals surface area contributed by atoms with Crippen molar-refractivity contribution in [3.8, 4) is 0 Å². The van der Waals surface area contributed by atoms with Crippen molar-refractivity contribution in [2.24, 2.45) is 0 Å². The minimum absolute atomic E-state index is 0.255. The molecular formula is C13H14O2. The van der Waals surface area contributed by atoms with Gasteiger partial charge in [-0.15, -0.1) is 0 Å². The molecule has 1 aromatic rings. The first-order valence-electron chi connectivity index (χ1n) is 4.73. The van der Waals surface area contributed by atoms with E-state index in [0.717, 1.165) is 17.2 Å². The summed E-state index contributed by atoms with van der Waals surface area (Å²) >= 11 is 0. The van der Waals surface area contributed by atoms with Gasteiger partial charge in [-0.1, -0.05) is 43.5 Å². The summed E-state index contributed by atoms with van der Waals surface area (Å²) in [4.78, 5) is 11.0. The van der Waals surface area contributed by atoms with Gasteiger partial charge in [-0.2, -0.15) is 0 Å². The molecule has 0 aromatic heterocycles. The van der Waals surface area contributed by atoms with Crippen molar-refractivity contribution in [1.82, 2.24) is 0 Å². The Morgan fingerprint density at radius 1 is 1.33 bits per heavy atom. The molecule has 0 N–H and O–H groups in total. The Morgan fingerprint density at radius 2 is 1.93 bits per heavy atom. The molecule has 1 aromatic carbocycles. The minimum atomic E-state index is -0.407. The first kappa shape index (κ1) is 11.2. The molecule has 2 nitrogen and oxygen atoms in total. The van der Waals surface area contributed by atoms with E-state index in [0.29, 0.717) is 0 Å². The minimum Gasteiger partial charge on any atom is -0.455 e. The zero-order valence-corrected chi connectivity index (χ0v) is 8.77. The van der Waals surface area contributed by atoms with Gasteiger partial charge in [-0.3, -0.25) is 0 Å². The lowest BCUT2D eigenvalue weighted by Crippen LogP contribution is -2.05. The van der Waals surface area contributed by atoms with Gasteiger partial charge in [0.2, 0.25) is 0 Å². The zero-order chi connectivity index (χ0) is 11.3. The van der Waals surface area contributed by atoms with Crippen LogP contribution in [0.15, 0.2) is 43.5 Å². The summed E-state index contributed by atoms with van der Waals surface area (Å²) in [6.07, 6.45) is 2.67. The van der Waals surface area contributed by atoms with Crippen LogP contribution in [0.2, 0.25) is 0 Å². The smallest absolute Gasteiger partial charge is 0.330 e. The fourth-order valence-electron chi connectivity index (χ4n) is 1.19. The van der Waals surface area contributed by atoms with Crippen molar-refractivity contribution in [1.29, 1.82) is 0 Å². The lowest BCUT2D eigenvalue weighted by atomic mass is 10.1. The molecule has 15 heavy (non-hydrogen) atoms. The van der Waals surface area contributed by atoms with Gasteiger partial charge in [0.05, 0.1) is 0 Å². The summed E-state index contributed by atoms with van der Waals surface area (Å²) in [6.45, 7) is 8.84. The molecule has 1 atom stereocenters. The predicted molar refractivity (Wildman–Crippen MR) is 61.2 cm³/mol. The summed E-state index contributed by atoms with van der Waals surface area (Å²) in [5.74, 6) is -0.407. The number of rotatable bonds is 4. The zero-order valence-electron chi connectivity index (χ0n) is 8.77. The Hall–Kier alpha value is -1.83. The number of esters is 1. The highest BCUT2D eigenvalue weighted by Crippen LogP contribution is 2.17. The molecule has 0 aliphatic heterocycles. The molecule has 1 rings (SSSR count). The lowest BCUT2D eigenvalue weighted by Gasteiger charge is -2.12. The van der Waals surface area contributed by atoms with E-state index in [1.807, 2.05) is 31.2 Å². The maximum Gasteiger partial charge on any atom is 0.330 e. The highest BCUT2D eigenvalue weighted by molar-refractivity contribution is 5.81. The van der Waals surface area contributed by atoms with E-state index in [2.05, 4.69) is 13.2 Å². The van der Waals surface area contributed by atoms with E-state index < -0.39 is 5.97 Å². The normalized spacial score (nSPS) is 11.5. The van der Waals surface area contributed by atoms with Crippen LogP contribution in [0.1, 0.15) is 24.2 Å². The van der Waals surface area contributed by atoms with Crippen LogP contribution in [-0.2, 0) is 9.53 Å². The van der Waals surface area contributed by atoms with Crippen molar-refractivity contribution in [2.45, 2.75) is 13.0 Å². The van der Waals surface area contributed by atoms with E-state index in [4.69, 9.17) is 4.74 Å². The summed E-state index contributed by atoms with van der Waals surface area (Å²) in [5.41, 5.74) is 2.00. The summed E-state index contributed by atoms with van der Waals surface area (Å²) < 4.78 is 5.08. The van der Waals surface area contributed by atoms with Crippen molar-refractivity contribution in [2.75, 3.05) is 0 Å². The molecule has 2 heteroatoms. The molecule has 1 unspecified atom stereocenters. The largest absolute Gasteiger partial charge is 0.455 e. The van der Waals surface area contributed by atoms with Crippen LogP contribution in [0.5, 0.6) is 0 Å². The lowest BCUT2D eigenvalue weighted by molar-refractivity contribution is -0.142. The maximum atomic E-state index is 11.0. The summed E-state index contributed by atoms with van der Waals surface area (Å²) in [7, 11) is 0. The molecule has 0 heterocycles. The van der Waals surface area contributed by atoms with Crippen molar-refractivity contribution in [3.05, 3.63) is 54.6 Å². The van der Waals surface area contributed by atoms with Crippen LogP contribution in [0.25, 0.3) is 6.08 Å². The standard InChI is InChI=1S/C13H14O2/c1-4-11-6-8-12(9-7-11)10(3)15-13(14)5-2/h4-10H,1-2H2,3H3. The van der Waals surface area contributed by atoms with Gasteiger partial charge in [0, 0.05) is 6.08 Å². The average Bonchev–Trinajstić information content (AvgIpc) is 2.29. The number of carbonyl (C=O) groups is 1. The Morgan fingerprint density at radius 3 is 2.40 bits per heavy atom. The summed E-state index contributed by atoms with van der Waals surface area (Å²) in [5, 5.41) is 0. The Kier molecular flexibility index (Phi) is 3.86. The van der Waals surface area contributed by atoms with Gasteiger partial charge < -0.3 is 4.74 Å². The maximum absolute atomic E-state index is 11.0. The Balaban J connectivity index is 2.73. The number of hydrogen-bond acceptors (Lipinski definition) is 2. The van der Waals surface area contributed by atoms with Gasteiger partial charge in [0.25, 0.3) is 0 Å². The second-order valence-corrected chi connectivity index (χ2v) is 3.15. The molecule has 0 spiro atoms. The van der Waals surface area contributed by atoms with Crippen LogP contribution in [0.3, 0.4) is 0 Å². The number of benzene rings is 1. The van der Waals surface area contributed by atoms with Crippen LogP contribution in [-0.4, -0.2) is 5.97 Å². The van der Waals surface area contributed by atoms with E-state index in [1.165, 1.54) is 0 Å². The number of ether oxygens (including phenoxy) is 1. The van der Waals surface area contributed by atoms with E-state index >= 15 is 0 Å². The van der Waals surface area contributed by atoms with Crippen LogP contribution in [0.4, 0.5) is 0 Å². The van der Waals surface area contributed by atoms with E-state index in [9.17, 15) is 4.79 Å². The van der Waals surface area contributed by atoms with Crippen LogP contribution in [0, 0.1) is 0 Å². The van der Waals surface area contributed by atoms with E-state index in [1.54, 1.807) is 6.08 Å². The van der Waals surface area contributed by atoms with Crippen molar-refractivity contribution in [3.63, 3.8) is 0 Å². The SMILES string of the molecule is C=CC(=O)OC(C)c1ccc(C=C)cc1. The first-order chi connectivity index (χ1) is 7.17. The van der Waals surface area contributed by atoms with Crippen LogP contribution < -0.4 is 0 Å². The van der Waals surface area contributed by atoms with Crippen molar-refractivity contribution >= 4 is 12.0 Å². The average molecular weight is 202 g/mol. The molecular weight excluding hydrogens is 188 g/mol.